The molecule has 212 valence electrons. The number of hydrogen-bond acceptors (Lipinski definition) is 10. The number of ether oxygens (including phenoxy) is 5. The van der Waals surface area contributed by atoms with Crippen LogP contribution in [0.1, 0.15) is 98.8 Å². The van der Waals surface area contributed by atoms with Crippen molar-refractivity contribution in [2.24, 2.45) is 0 Å². The number of amides is 1. The van der Waals surface area contributed by atoms with E-state index in [0.717, 1.165) is 40.0 Å². The maximum atomic E-state index is 12.8. The zero-order chi connectivity index (χ0) is 27.8. The molecule has 37 heavy (non-hydrogen) atoms. The van der Waals surface area contributed by atoms with Crippen LogP contribution >= 0.6 is 0 Å². The van der Waals surface area contributed by atoms with Crippen LogP contribution in [0.25, 0.3) is 0 Å². The van der Waals surface area contributed by atoms with Crippen molar-refractivity contribution in [3.05, 3.63) is 0 Å². The summed E-state index contributed by atoms with van der Waals surface area (Å²) in [4.78, 5) is 59.6. The third-order valence-electron chi connectivity index (χ3n) is 5.82. The molecule has 1 saturated heterocycles. The average molecular weight is 530 g/mol. The van der Waals surface area contributed by atoms with E-state index in [1.807, 2.05) is 0 Å². The predicted octanol–water partition coefficient (Wildman–Crippen LogP) is 3.11. The molecule has 11 nitrogen and oxygen atoms in total. The van der Waals surface area contributed by atoms with E-state index in [9.17, 15) is 24.0 Å². The maximum Gasteiger partial charge on any atom is 0.305 e. The highest BCUT2D eigenvalue weighted by Gasteiger charge is 2.52. The molecule has 1 N–H and O–H groups in total. The Hall–Kier alpha value is -2.69. The average Bonchev–Trinajstić information content (AvgIpc) is 2.79. The van der Waals surface area contributed by atoms with E-state index in [1.165, 1.54) is 39.0 Å². The molecule has 0 radical (unpaired) electrons. The van der Waals surface area contributed by atoms with Gasteiger partial charge in [-0.3, -0.25) is 24.0 Å². The van der Waals surface area contributed by atoms with Crippen molar-refractivity contribution in [3.8, 4) is 0 Å². The van der Waals surface area contributed by atoms with Gasteiger partial charge in [0, 0.05) is 34.1 Å². The molecule has 0 aliphatic carbocycles. The number of rotatable bonds is 16. The monoisotopic (exact) mass is 529 g/mol. The van der Waals surface area contributed by atoms with E-state index in [1.54, 1.807) is 0 Å². The molecule has 1 aliphatic heterocycles. The minimum Gasteiger partial charge on any atom is -0.463 e. The normalized spacial score (nSPS) is 23.0. The van der Waals surface area contributed by atoms with Crippen LogP contribution in [-0.4, -0.2) is 67.0 Å². The fraction of sp³-hybridized carbons (Fsp3) is 0.808. The van der Waals surface area contributed by atoms with Crippen LogP contribution in [0.3, 0.4) is 0 Å². The van der Waals surface area contributed by atoms with E-state index in [-0.39, 0.29) is 18.9 Å². The second kappa shape index (κ2) is 17.7. The van der Waals surface area contributed by atoms with Crippen molar-refractivity contribution in [1.29, 1.82) is 0 Å². The molecule has 1 amide bonds. The number of unbranched alkanes of at least 4 members (excludes halogenated alkanes) is 8. The van der Waals surface area contributed by atoms with Crippen molar-refractivity contribution in [1.82, 2.24) is 5.32 Å². The topological polar surface area (TPSA) is 144 Å². The first-order chi connectivity index (χ1) is 17.5. The van der Waals surface area contributed by atoms with Gasteiger partial charge in [-0.2, -0.15) is 0 Å². The quantitative estimate of drug-likeness (QED) is 0.180. The summed E-state index contributed by atoms with van der Waals surface area (Å²) in [5.41, 5.74) is 0. The molecule has 0 aromatic carbocycles. The molecular weight excluding hydrogens is 486 g/mol. The van der Waals surface area contributed by atoms with Crippen LogP contribution in [0.2, 0.25) is 0 Å². The van der Waals surface area contributed by atoms with E-state index in [4.69, 9.17) is 23.7 Å². The van der Waals surface area contributed by atoms with Crippen molar-refractivity contribution < 1.29 is 47.7 Å². The van der Waals surface area contributed by atoms with E-state index in [0.29, 0.717) is 6.42 Å². The van der Waals surface area contributed by atoms with E-state index >= 15 is 0 Å². The summed E-state index contributed by atoms with van der Waals surface area (Å²) in [6.45, 7) is 6.48. The maximum absolute atomic E-state index is 12.8. The van der Waals surface area contributed by atoms with Crippen LogP contribution in [0.4, 0.5) is 0 Å². The minimum absolute atomic E-state index is 0.209. The first-order valence-electron chi connectivity index (χ1n) is 13.1. The van der Waals surface area contributed by atoms with Crippen LogP contribution in [0.5, 0.6) is 0 Å². The summed E-state index contributed by atoms with van der Waals surface area (Å²) >= 11 is 0. The molecular formula is C26H43NO10. The fourth-order valence-corrected chi connectivity index (χ4v) is 4.17. The first kappa shape index (κ1) is 32.3. The fourth-order valence-electron chi connectivity index (χ4n) is 4.17. The molecule has 1 rings (SSSR count). The number of nitrogens with one attached hydrogen (secondary N) is 1. The molecule has 0 saturated carbocycles. The molecule has 1 aliphatic rings. The molecule has 11 heteroatoms. The number of carbonyl (C=O) groups is 5. The molecule has 0 aromatic rings. The summed E-state index contributed by atoms with van der Waals surface area (Å²) < 4.78 is 26.8. The van der Waals surface area contributed by atoms with Gasteiger partial charge in [0.25, 0.3) is 0 Å². The second-order valence-electron chi connectivity index (χ2n) is 9.27. The lowest BCUT2D eigenvalue weighted by molar-refractivity contribution is -0.271. The number of esters is 4. The lowest BCUT2D eigenvalue weighted by Gasteiger charge is -2.44. The Bertz CT molecular complexity index is 756. The molecule has 0 bridgehead atoms. The zero-order valence-corrected chi connectivity index (χ0v) is 22.7. The number of carbonyl (C=O) groups excluding carboxylic acids is 5. The molecule has 5 atom stereocenters. The third kappa shape index (κ3) is 13.4. The molecule has 1 unspecified atom stereocenters. The first-order valence-corrected chi connectivity index (χ1v) is 13.1. The van der Waals surface area contributed by atoms with Crippen molar-refractivity contribution in [2.45, 2.75) is 129 Å². The smallest absolute Gasteiger partial charge is 0.305 e. The molecule has 1 fully saturated rings. The lowest BCUT2D eigenvalue weighted by atomic mass is 9.95. The van der Waals surface area contributed by atoms with Gasteiger partial charge >= 0.3 is 23.9 Å². The van der Waals surface area contributed by atoms with Gasteiger partial charge in [0.05, 0.1) is 0 Å². The largest absolute Gasteiger partial charge is 0.463 e. The van der Waals surface area contributed by atoms with Gasteiger partial charge in [0.2, 0.25) is 12.2 Å². The van der Waals surface area contributed by atoms with E-state index < -0.39 is 54.5 Å². The van der Waals surface area contributed by atoms with Crippen LogP contribution in [0, 0.1) is 0 Å². The summed E-state index contributed by atoms with van der Waals surface area (Å²) in [7, 11) is 0. The van der Waals surface area contributed by atoms with Gasteiger partial charge < -0.3 is 29.0 Å². The summed E-state index contributed by atoms with van der Waals surface area (Å²) in [6.07, 6.45) is 5.08. The van der Waals surface area contributed by atoms with Crippen LogP contribution in [0.15, 0.2) is 0 Å². The predicted molar refractivity (Wildman–Crippen MR) is 132 cm³/mol. The highest BCUT2D eigenvalue weighted by Crippen LogP contribution is 2.28. The summed E-state index contributed by atoms with van der Waals surface area (Å²) in [5.74, 6) is -3.10. The Morgan fingerprint density at radius 1 is 0.676 bits per heavy atom. The van der Waals surface area contributed by atoms with Crippen molar-refractivity contribution >= 4 is 29.8 Å². The second-order valence-corrected chi connectivity index (χ2v) is 9.27. The minimum atomic E-state index is -1.37. The lowest BCUT2D eigenvalue weighted by Crippen LogP contribution is -2.67. The molecule has 0 aromatic heterocycles. The van der Waals surface area contributed by atoms with Crippen LogP contribution in [-0.2, 0) is 47.7 Å². The van der Waals surface area contributed by atoms with E-state index in [2.05, 4.69) is 12.2 Å². The van der Waals surface area contributed by atoms with Crippen LogP contribution < -0.4 is 5.32 Å². The summed E-state index contributed by atoms with van der Waals surface area (Å²) in [6, 6.07) is -1.16. The van der Waals surface area contributed by atoms with Gasteiger partial charge in [-0.05, 0) is 6.42 Å². The Kier molecular flexibility index (Phi) is 15.5. The number of hydrogen-bond donors (Lipinski definition) is 1. The Morgan fingerprint density at radius 2 is 1.19 bits per heavy atom. The van der Waals surface area contributed by atoms with Crippen molar-refractivity contribution in [3.63, 3.8) is 0 Å². The zero-order valence-electron chi connectivity index (χ0n) is 22.7. The Morgan fingerprint density at radius 3 is 1.70 bits per heavy atom. The van der Waals surface area contributed by atoms with Crippen molar-refractivity contribution in [2.75, 3.05) is 6.61 Å². The van der Waals surface area contributed by atoms with Gasteiger partial charge in [-0.1, -0.05) is 58.3 Å². The molecule has 1 heterocycles. The molecule has 0 spiro atoms. The summed E-state index contributed by atoms with van der Waals surface area (Å²) in [5, 5.41) is 2.73. The SMILES string of the molecule is CCCCCCCCCCCC(=O)N[C@H]1C(OC(C)=O)O[C@H](COC(C)=O)[C@@H](OC(C)=O)[C@@H]1OC(C)=O. The third-order valence-corrected chi connectivity index (χ3v) is 5.82. The van der Waals surface area contributed by atoms with Gasteiger partial charge in [-0.25, -0.2) is 0 Å². The van der Waals surface area contributed by atoms with Gasteiger partial charge in [0.15, 0.2) is 12.2 Å². The Labute approximate surface area is 219 Å². The van der Waals surface area contributed by atoms with Gasteiger partial charge in [-0.15, -0.1) is 0 Å². The highest BCUT2D eigenvalue weighted by atomic mass is 16.7. The Balaban J connectivity index is 2.89. The highest BCUT2D eigenvalue weighted by molar-refractivity contribution is 5.76. The standard InChI is InChI=1S/C26H43NO10/c1-6-7-8-9-10-11-12-13-14-15-22(32)27-23-25(35-19(4)30)24(34-18(3)29)21(16-33-17(2)28)37-26(23)36-20(5)31/h21,23-26H,6-16H2,1-5H3,(H,27,32)/t21-,23-,24-,25-,26?/m1/s1. The van der Waals surface area contributed by atoms with Gasteiger partial charge in [0.1, 0.15) is 18.8 Å².